The van der Waals surface area contributed by atoms with Gasteiger partial charge in [-0.1, -0.05) is 12.8 Å². The number of anilines is 2. The lowest BCUT2D eigenvalue weighted by atomic mass is 9.93. The van der Waals surface area contributed by atoms with Gasteiger partial charge in [-0.15, -0.1) is 0 Å². The number of nitrogen functional groups attached to an aromatic ring is 1. The van der Waals surface area contributed by atoms with Crippen LogP contribution in [0.4, 0.5) is 11.8 Å². The molecule has 0 unspecified atom stereocenters. The second-order valence-electron chi connectivity index (χ2n) is 5.22. The summed E-state index contributed by atoms with van der Waals surface area (Å²) < 4.78 is 5.52. The van der Waals surface area contributed by atoms with Crippen molar-refractivity contribution in [3.05, 3.63) is 6.07 Å². The van der Waals surface area contributed by atoms with Gasteiger partial charge in [-0.2, -0.15) is 9.97 Å². The van der Waals surface area contributed by atoms with Crippen molar-refractivity contribution in [1.82, 2.24) is 9.97 Å². The van der Waals surface area contributed by atoms with Gasteiger partial charge < -0.3 is 20.9 Å². The summed E-state index contributed by atoms with van der Waals surface area (Å²) in [5, 5.41) is 13.2. The number of aliphatic hydroxyl groups is 1. The Balaban J connectivity index is 2.08. The molecule has 1 fully saturated rings. The van der Waals surface area contributed by atoms with Gasteiger partial charge in [0.05, 0.1) is 18.2 Å². The van der Waals surface area contributed by atoms with Gasteiger partial charge in [-0.25, -0.2) is 0 Å². The molecule has 2 atom stereocenters. The van der Waals surface area contributed by atoms with Crippen molar-refractivity contribution in [3.8, 4) is 5.88 Å². The van der Waals surface area contributed by atoms with Crippen LogP contribution in [0.15, 0.2) is 6.07 Å². The van der Waals surface area contributed by atoms with Crippen LogP contribution in [0.2, 0.25) is 0 Å². The van der Waals surface area contributed by atoms with Gasteiger partial charge in [0.1, 0.15) is 5.82 Å². The first-order valence-electron chi connectivity index (χ1n) is 6.80. The van der Waals surface area contributed by atoms with Crippen molar-refractivity contribution in [2.75, 3.05) is 11.1 Å². The lowest BCUT2D eigenvalue weighted by molar-refractivity contribution is 0.116. The first-order valence-corrected chi connectivity index (χ1v) is 6.80. The summed E-state index contributed by atoms with van der Waals surface area (Å²) in [4.78, 5) is 8.16. The van der Waals surface area contributed by atoms with Crippen LogP contribution in [0.5, 0.6) is 5.88 Å². The molecule has 0 bridgehead atoms. The number of nitrogens with two attached hydrogens (primary N) is 1. The fourth-order valence-electron chi connectivity index (χ4n) is 2.29. The van der Waals surface area contributed by atoms with Crippen LogP contribution in [0, 0.1) is 0 Å². The molecular formula is C13H22N4O2. The first-order chi connectivity index (χ1) is 9.04. The van der Waals surface area contributed by atoms with Crippen molar-refractivity contribution in [1.29, 1.82) is 0 Å². The lowest BCUT2D eigenvalue weighted by Gasteiger charge is -2.28. The van der Waals surface area contributed by atoms with Crippen LogP contribution in [-0.2, 0) is 0 Å². The van der Waals surface area contributed by atoms with Gasteiger partial charge in [-0.3, -0.25) is 0 Å². The van der Waals surface area contributed by atoms with E-state index in [1.54, 1.807) is 6.07 Å². The van der Waals surface area contributed by atoms with Gasteiger partial charge in [0, 0.05) is 6.07 Å². The summed E-state index contributed by atoms with van der Waals surface area (Å²) in [6, 6.07) is 1.74. The number of hydrogen-bond acceptors (Lipinski definition) is 6. The molecule has 19 heavy (non-hydrogen) atoms. The zero-order chi connectivity index (χ0) is 13.8. The second-order valence-corrected chi connectivity index (χ2v) is 5.22. The molecule has 1 aromatic heterocycles. The normalized spacial score (nSPS) is 23.4. The Bertz CT molecular complexity index is 425. The minimum absolute atomic E-state index is 0.0231. The zero-order valence-corrected chi connectivity index (χ0v) is 11.5. The van der Waals surface area contributed by atoms with E-state index in [1.165, 1.54) is 0 Å². The van der Waals surface area contributed by atoms with Gasteiger partial charge in [-0.05, 0) is 26.7 Å². The second kappa shape index (κ2) is 6.06. The van der Waals surface area contributed by atoms with E-state index in [0.717, 1.165) is 25.7 Å². The number of aliphatic hydroxyl groups excluding tert-OH is 1. The van der Waals surface area contributed by atoms with E-state index in [9.17, 15) is 5.11 Å². The molecule has 0 aromatic carbocycles. The summed E-state index contributed by atoms with van der Waals surface area (Å²) in [6.07, 6.45) is 3.65. The third kappa shape index (κ3) is 3.96. The molecule has 1 aromatic rings. The van der Waals surface area contributed by atoms with Crippen molar-refractivity contribution in [2.45, 2.75) is 57.8 Å². The summed E-state index contributed by atoms with van der Waals surface area (Å²) in [6.45, 7) is 3.85. The lowest BCUT2D eigenvalue weighted by Crippen LogP contribution is -2.36. The molecule has 0 aliphatic heterocycles. The Labute approximate surface area is 113 Å². The van der Waals surface area contributed by atoms with Crippen LogP contribution >= 0.6 is 0 Å². The quantitative estimate of drug-likeness (QED) is 0.765. The fourth-order valence-corrected chi connectivity index (χ4v) is 2.29. The van der Waals surface area contributed by atoms with Crippen LogP contribution in [0.1, 0.15) is 39.5 Å². The van der Waals surface area contributed by atoms with Crippen LogP contribution < -0.4 is 15.8 Å². The number of aromatic nitrogens is 2. The molecule has 1 saturated carbocycles. The van der Waals surface area contributed by atoms with Crippen molar-refractivity contribution in [3.63, 3.8) is 0 Å². The summed E-state index contributed by atoms with van der Waals surface area (Å²) >= 11 is 0. The monoisotopic (exact) mass is 266 g/mol. The average Bonchev–Trinajstić information content (AvgIpc) is 2.30. The Hall–Kier alpha value is -1.56. The highest BCUT2D eigenvalue weighted by atomic mass is 16.5. The molecular weight excluding hydrogens is 244 g/mol. The number of nitrogens with zero attached hydrogens (tertiary/aromatic N) is 2. The predicted octanol–water partition coefficient (Wildman–Crippen LogP) is 1.56. The van der Waals surface area contributed by atoms with E-state index in [0.29, 0.717) is 11.7 Å². The maximum absolute atomic E-state index is 9.95. The predicted molar refractivity (Wildman–Crippen MR) is 74.1 cm³/mol. The number of nitrogens with one attached hydrogen (secondary N) is 1. The SMILES string of the molecule is CC(C)Oc1cc(N[C@H]2CCCC[C@@H]2O)nc(N)n1. The molecule has 1 heterocycles. The van der Waals surface area contributed by atoms with E-state index >= 15 is 0 Å². The first kappa shape index (κ1) is 13.9. The largest absolute Gasteiger partial charge is 0.475 e. The topological polar surface area (TPSA) is 93.3 Å². The molecule has 6 nitrogen and oxygen atoms in total. The van der Waals surface area contributed by atoms with E-state index < -0.39 is 0 Å². The highest BCUT2D eigenvalue weighted by Gasteiger charge is 2.23. The summed E-state index contributed by atoms with van der Waals surface area (Å²) in [5.41, 5.74) is 5.67. The molecule has 1 aliphatic carbocycles. The highest BCUT2D eigenvalue weighted by Crippen LogP contribution is 2.23. The van der Waals surface area contributed by atoms with Gasteiger partial charge in [0.15, 0.2) is 0 Å². The highest BCUT2D eigenvalue weighted by molar-refractivity contribution is 5.43. The minimum Gasteiger partial charge on any atom is -0.475 e. The molecule has 0 saturated heterocycles. The van der Waals surface area contributed by atoms with E-state index in [2.05, 4.69) is 15.3 Å². The van der Waals surface area contributed by atoms with Gasteiger partial charge >= 0.3 is 0 Å². The molecule has 106 valence electrons. The minimum atomic E-state index is -0.334. The number of ether oxygens (including phenoxy) is 1. The average molecular weight is 266 g/mol. The molecule has 2 rings (SSSR count). The molecule has 0 amide bonds. The Morgan fingerprint density at radius 3 is 2.79 bits per heavy atom. The van der Waals surface area contributed by atoms with E-state index in [4.69, 9.17) is 10.5 Å². The van der Waals surface area contributed by atoms with Crippen molar-refractivity contribution < 1.29 is 9.84 Å². The zero-order valence-electron chi connectivity index (χ0n) is 11.5. The van der Waals surface area contributed by atoms with E-state index in [1.807, 2.05) is 13.8 Å². The standard InChI is InChI=1S/C13H22N4O2/c1-8(2)19-12-7-11(16-13(14)17-12)15-9-5-3-4-6-10(9)18/h7-10,18H,3-6H2,1-2H3,(H3,14,15,16,17)/t9-,10-/m0/s1. The maximum atomic E-state index is 9.95. The third-order valence-electron chi connectivity index (χ3n) is 3.14. The molecule has 4 N–H and O–H groups in total. The number of rotatable bonds is 4. The third-order valence-corrected chi connectivity index (χ3v) is 3.14. The molecule has 0 radical (unpaired) electrons. The molecule has 0 spiro atoms. The van der Waals surface area contributed by atoms with E-state index in [-0.39, 0.29) is 24.2 Å². The van der Waals surface area contributed by atoms with Crippen LogP contribution in [-0.4, -0.2) is 33.3 Å². The Kier molecular flexibility index (Phi) is 4.42. The van der Waals surface area contributed by atoms with Crippen molar-refractivity contribution in [2.24, 2.45) is 0 Å². The Morgan fingerprint density at radius 2 is 2.11 bits per heavy atom. The molecule has 1 aliphatic rings. The smallest absolute Gasteiger partial charge is 0.225 e. The van der Waals surface area contributed by atoms with Crippen molar-refractivity contribution >= 4 is 11.8 Å². The maximum Gasteiger partial charge on any atom is 0.225 e. The van der Waals surface area contributed by atoms with Gasteiger partial charge in [0.2, 0.25) is 11.8 Å². The summed E-state index contributed by atoms with van der Waals surface area (Å²) in [5.74, 6) is 1.23. The van der Waals surface area contributed by atoms with Crippen LogP contribution in [0.25, 0.3) is 0 Å². The molecule has 6 heteroatoms. The fraction of sp³-hybridized carbons (Fsp3) is 0.692. The van der Waals surface area contributed by atoms with Crippen LogP contribution in [0.3, 0.4) is 0 Å². The Morgan fingerprint density at radius 1 is 1.37 bits per heavy atom. The van der Waals surface area contributed by atoms with Gasteiger partial charge in [0.25, 0.3) is 0 Å². The summed E-state index contributed by atoms with van der Waals surface area (Å²) in [7, 11) is 0. The number of hydrogen-bond donors (Lipinski definition) is 3.